The highest BCUT2D eigenvalue weighted by atomic mass is 127. The Kier molecular flexibility index (Phi) is 4.06. The van der Waals surface area contributed by atoms with Crippen molar-refractivity contribution in [2.75, 3.05) is 0 Å². The van der Waals surface area contributed by atoms with Crippen molar-refractivity contribution < 1.29 is 27.2 Å². The van der Waals surface area contributed by atoms with Crippen LogP contribution in [0.5, 0.6) is 5.75 Å². The van der Waals surface area contributed by atoms with E-state index in [2.05, 4.69) is 9.72 Å². The average molecular weight is 366 g/mol. The van der Waals surface area contributed by atoms with E-state index in [1.807, 2.05) is 0 Å². The molecule has 1 rings (SSSR count). The van der Waals surface area contributed by atoms with Crippen molar-refractivity contribution >= 4 is 28.4 Å². The number of pyridine rings is 1. The quantitative estimate of drug-likeness (QED) is 0.357. The molecule has 0 fully saturated rings. The largest absolute Gasteiger partial charge is 0.573 e. The molecule has 10 heteroatoms. The Labute approximate surface area is 105 Å². The van der Waals surface area contributed by atoms with E-state index in [9.17, 15) is 27.7 Å². The van der Waals surface area contributed by atoms with Crippen LogP contribution in [0, 0.1) is 13.7 Å². The molecule has 0 bridgehead atoms. The SMILES string of the molecule is O=[N+]([O-])c1ncc(I)c(CF)c1OC(F)(F)F. The first-order valence-corrected chi connectivity index (χ1v) is 4.97. The van der Waals surface area contributed by atoms with Gasteiger partial charge in [-0.25, -0.2) is 4.39 Å². The van der Waals surface area contributed by atoms with Gasteiger partial charge in [-0.05, 0) is 32.5 Å². The lowest BCUT2D eigenvalue weighted by molar-refractivity contribution is -0.393. The van der Waals surface area contributed by atoms with Crippen molar-refractivity contribution in [1.29, 1.82) is 0 Å². The summed E-state index contributed by atoms with van der Waals surface area (Å²) in [6, 6.07) is 0. The topological polar surface area (TPSA) is 65.3 Å². The van der Waals surface area contributed by atoms with Gasteiger partial charge in [0.15, 0.2) is 6.20 Å². The van der Waals surface area contributed by atoms with E-state index in [1.54, 1.807) is 0 Å². The first kappa shape index (κ1) is 13.9. The lowest BCUT2D eigenvalue weighted by Gasteiger charge is -2.11. The summed E-state index contributed by atoms with van der Waals surface area (Å²) < 4.78 is 52.1. The number of alkyl halides is 4. The van der Waals surface area contributed by atoms with Gasteiger partial charge in [0.25, 0.3) is 0 Å². The predicted molar refractivity (Wildman–Crippen MR) is 55.1 cm³/mol. The summed E-state index contributed by atoms with van der Waals surface area (Å²) in [7, 11) is 0. The number of ether oxygens (including phenoxy) is 1. The molecule has 0 aliphatic rings. The van der Waals surface area contributed by atoms with E-state index in [4.69, 9.17) is 0 Å². The van der Waals surface area contributed by atoms with Crippen molar-refractivity contribution in [2.45, 2.75) is 13.0 Å². The normalized spacial score (nSPS) is 11.4. The van der Waals surface area contributed by atoms with E-state index in [1.165, 1.54) is 22.6 Å². The van der Waals surface area contributed by atoms with Gasteiger partial charge in [0.05, 0.1) is 9.13 Å². The smallest absolute Gasteiger partial charge is 0.396 e. The fourth-order valence-electron chi connectivity index (χ4n) is 0.975. The summed E-state index contributed by atoms with van der Waals surface area (Å²) in [5.74, 6) is -2.38. The van der Waals surface area contributed by atoms with Crippen molar-refractivity contribution in [2.24, 2.45) is 0 Å². The Morgan fingerprint density at radius 2 is 2.12 bits per heavy atom. The van der Waals surface area contributed by atoms with Gasteiger partial charge in [0, 0.05) is 0 Å². The number of rotatable bonds is 3. The third-order valence-corrected chi connectivity index (χ3v) is 2.52. The molecule has 0 aliphatic heterocycles. The minimum Gasteiger partial charge on any atom is -0.396 e. The summed E-state index contributed by atoms with van der Waals surface area (Å²) in [4.78, 5) is 12.5. The zero-order valence-electron chi connectivity index (χ0n) is 7.79. The first-order valence-electron chi connectivity index (χ1n) is 3.89. The van der Waals surface area contributed by atoms with Crippen LogP contribution in [-0.2, 0) is 6.67 Å². The number of nitrogens with zero attached hydrogens (tertiary/aromatic N) is 2. The highest BCUT2D eigenvalue weighted by Crippen LogP contribution is 2.36. The van der Waals surface area contributed by atoms with Crippen LogP contribution in [0.25, 0.3) is 0 Å². The molecule has 0 saturated carbocycles. The minimum atomic E-state index is -5.15. The molecular formula is C7H3F4IN2O3. The van der Waals surface area contributed by atoms with Crippen LogP contribution in [-0.4, -0.2) is 16.3 Å². The third-order valence-electron chi connectivity index (χ3n) is 1.59. The highest BCUT2D eigenvalue weighted by molar-refractivity contribution is 14.1. The van der Waals surface area contributed by atoms with E-state index < -0.39 is 35.1 Å². The Balaban J connectivity index is 3.39. The Bertz CT molecular complexity index is 451. The second kappa shape index (κ2) is 4.98. The molecule has 94 valence electrons. The van der Waals surface area contributed by atoms with Crippen LogP contribution in [0.15, 0.2) is 6.20 Å². The van der Waals surface area contributed by atoms with Crippen LogP contribution < -0.4 is 4.74 Å². The van der Waals surface area contributed by atoms with Gasteiger partial charge in [-0.1, -0.05) is 0 Å². The number of nitro groups is 1. The lowest BCUT2D eigenvalue weighted by Crippen LogP contribution is -2.19. The van der Waals surface area contributed by atoms with E-state index in [-0.39, 0.29) is 3.57 Å². The summed E-state index contributed by atoms with van der Waals surface area (Å²) in [5.41, 5.74) is -0.551. The minimum absolute atomic E-state index is 0.00921. The lowest BCUT2D eigenvalue weighted by atomic mass is 10.2. The van der Waals surface area contributed by atoms with Crippen LogP contribution in [0.3, 0.4) is 0 Å². The third kappa shape index (κ3) is 3.38. The van der Waals surface area contributed by atoms with Gasteiger partial charge in [-0.2, -0.15) is 0 Å². The maximum atomic E-state index is 12.6. The van der Waals surface area contributed by atoms with Crippen LogP contribution in [0.4, 0.5) is 23.4 Å². The molecule has 17 heavy (non-hydrogen) atoms. The summed E-state index contributed by atoms with van der Waals surface area (Å²) in [6.07, 6.45) is -4.25. The molecule has 0 spiro atoms. The molecule has 0 aromatic carbocycles. The van der Waals surface area contributed by atoms with Gasteiger partial charge in [-0.3, -0.25) is 0 Å². The summed E-state index contributed by atoms with van der Waals surface area (Å²) in [6.45, 7) is -1.33. The number of hydrogen-bond donors (Lipinski definition) is 0. The molecule has 0 amide bonds. The average Bonchev–Trinajstić information content (AvgIpc) is 2.15. The molecule has 0 atom stereocenters. The summed E-state index contributed by atoms with van der Waals surface area (Å²) in [5, 5.41) is 10.5. The summed E-state index contributed by atoms with van der Waals surface area (Å²) >= 11 is 1.51. The molecule has 1 aromatic heterocycles. The van der Waals surface area contributed by atoms with Crippen molar-refractivity contribution in [3.8, 4) is 5.75 Å². The van der Waals surface area contributed by atoms with Gasteiger partial charge < -0.3 is 14.9 Å². The number of aromatic nitrogens is 1. The zero-order chi connectivity index (χ0) is 13.2. The molecule has 0 radical (unpaired) electrons. The highest BCUT2D eigenvalue weighted by Gasteiger charge is 2.37. The van der Waals surface area contributed by atoms with Crippen molar-refractivity contribution in [1.82, 2.24) is 4.98 Å². The molecule has 0 unspecified atom stereocenters. The standard InChI is InChI=1S/C7H3F4IN2O3/c8-1-3-4(12)2-13-6(14(15)16)5(3)17-7(9,10)11/h2H,1H2. The van der Waals surface area contributed by atoms with E-state index >= 15 is 0 Å². The molecular weight excluding hydrogens is 363 g/mol. The van der Waals surface area contributed by atoms with Crippen molar-refractivity contribution in [3.63, 3.8) is 0 Å². The molecule has 0 N–H and O–H groups in total. The van der Waals surface area contributed by atoms with E-state index in [0.717, 1.165) is 6.20 Å². The molecule has 1 aromatic rings. The molecule has 0 saturated heterocycles. The van der Waals surface area contributed by atoms with Gasteiger partial charge >= 0.3 is 12.2 Å². The van der Waals surface area contributed by atoms with Gasteiger partial charge in [0.1, 0.15) is 6.67 Å². The molecule has 0 aliphatic carbocycles. The second-order valence-electron chi connectivity index (χ2n) is 2.68. The Morgan fingerprint density at radius 1 is 1.53 bits per heavy atom. The number of hydrogen-bond acceptors (Lipinski definition) is 4. The first-order chi connectivity index (χ1) is 7.76. The van der Waals surface area contributed by atoms with Gasteiger partial charge in [0.2, 0.25) is 5.75 Å². The second-order valence-corrected chi connectivity index (χ2v) is 3.84. The van der Waals surface area contributed by atoms with Crippen LogP contribution in [0.2, 0.25) is 0 Å². The monoisotopic (exact) mass is 366 g/mol. The van der Waals surface area contributed by atoms with Gasteiger partial charge in [-0.15, -0.1) is 13.2 Å². The number of halogens is 5. The van der Waals surface area contributed by atoms with E-state index in [0.29, 0.717) is 0 Å². The Morgan fingerprint density at radius 3 is 2.53 bits per heavy atom. The maximum absolute atomic E-state index is 12.6. The molecule has 5 nitrogen and oxygen atoms in total. The zero-order valence-corrected chi connectivity index (χ0v) is 9.95. The van der Waals surface area contributed by atoms with Crippen LogP contribution in [0.1, 0.15) is 5.56 Å². The fraction of sp³-hybridized carbons (Fsp3) is 0.286. The predicted octanol–water partition coefficient (Wildman–Crippen LogP) is 2.96. The van der Waals surface area contributed by atoms with Crippen LogP contribution >= 0.6 is 22.6 Å². The fourth-order valence-corrected chi connectivity index (χ4v) is 1.50. The molecule has 1 heterocycles. The Hall–Kier alpha value is -1.20. The van der Waals surface area contributed by atoms with Crippen molar-refractivity contribution in [3.05, 3.63) is 25.4 Å². The maximum Gasteiger partial charge on any atom is 0.573 e.